The van der Waals surface area contributed by atoms with Crippen molar-refractivity contribution in [3.8, 4) is 11.3 Å². The Morgan fingerprint density at radius 2 is 1.96 bits per heavy atom. The van der Waals surface area contributed by atoms with Crippen LogP contribution in [-0.2, 0) is 6.42 Å². The van der Waals surface area contributed by atoms with Crippen LogP contribution in [0.5, 0.6) is 0 Å². The minimum Gasteiger partial charge on any atom is -0.361 e. The minimum absolute atomic E-state index is 0.0694. The number of halogens is 1. The van der Waals surface area contributed by atoms with Gasteiger partial charge in [-0.25, -0.2) is 0 Å². The fraction of sp³-hybridized carbons (Fsp3) is 0.182. The van der Waals surface area contributed by atoms with E-state index in [1.807, 2.05) is 49.5 Å². The fourth-order valence-corrected chi connectivity index (χ4v) is 3.68. The number of hydrogen-bond donors (Lipinski definition) is 2. The van der Waals surface area contributed by atoms with E-state index in [9.17, 15) is 4.79 Å². The summed E-state index contributed by atoms with van der Waals surface area (Å²) < 4.78 is 5.30. The smallest absolute Gasteiger partial charge is 0.257 e. The van der Waals surface area contributed by atoms with Crippen LogP contribution in [-0.4, -0.2) is 22.1 Å². The van der Waals surface area contributed by atoms with Crippen LogP contribution >= 0.6 is 11.6 Å². The van der Waals surface area contributed by atoms with Crippen LogP contribution < -0.4 is 5.32 Å². The topological polar surface area (TPSA) is 70.9 Å². The van der Waals surface area contributed by atoms with Gasteiger partial charge in [-0.05, 0) is 38.0 Å². The van der Waals surface area contributed by atoms with Gasteiger partial charge in [0.15, 0.2) is 0 Å². The Bertz CT molecular complexity index is 1150. The lowest BCUT2D eigenvalue weighted by Crippen LogP contribution is -2.34. The SMILES string of the molecule is Cc1onc(-c2ccccc2Cl)c1C(=O)NC(C)Cc1c[nH]c2ccccc12. The molecule has 0 fully saturated rings. The van der Waals surface area contributed by atoms with E-state index in [2.05, 4.69) is 21.5 Å². The van der Waals surface area contributed by atoms with E-state index in [1.54, 1.807) is 13.0 Å². The molecule has 1 atom stereocenters. The van der Waals surface area contributed by atoms with Crippen molar-refractivity contribution in [2.24, 2.45) is 0 Å². The van der Waals surface area contributed by atoms with Crippen LogP contribution in [0.1, 0.15) is 28.6 Å². The number of carbonyl (C=O) groups is 1. The maximum absolute atomic E-state index is 13.0. The van der Waals surface area contributed by atoms with Crippen LogP contribution in [0.25, 0.3) is 22.2 Å². The van der Waals surface area contributed by atoms with Gasteiger partial charge in [0.25, 0.3) is 5.91 Å². The number of fused-ring (bicyclic) bond motifs is 1. The van der Waals surface area contributed by atoms with Crippen LogP contribution in [0.15, 0.2) is 59.3 Å². The number of hydrogen-bond acceptors (Lipinski definition) is 3. The summed E-state index contributed by atoms with van der Waals surface area (Å²) in [5, 5.41) is 8.82. The fourth-order valence-electron chi connectivity index (χ4n) is 3.45. The highest BCUT2D eigenvalue weighted by molar-refractivity contribution is 6.33. The van der Waals surface area contributed by atoms with Crippen LogP contribution in [0.2, 0.25) is 5.02 Å². The molecule has 0 aliphatic carbocycles. The van der Waals surface area contributed by atoms with E-state index in [1.165, 1.54) is 5.39 Å². The quantitative estimate of drug-likeness (QED) is 0.492. The maximum Gasteiger partial charge on any atom is 0.257 e. The lowest BCUT2D eigenvalue weighted by molar-refractivity contribution is 0.0939. The predicted octanol–water partition coefficient (Wildman–Crippen LogP) is 5.15. The average Bonchev–Trinajstić information content (AvgIpc) is 3.26. The first kappa shape index (κ1) is 18.3. The molecule has 1 amide bonds. The second-order valence-corrected chi connectivity index (χ2v) is 7.29. The van der Waals surface area contributed by atoms with Gasteiger partial charge in [-0.3, -0.25) is 4.79 Å². The molecule has 2 aromatic carbocycles. The zero-order valence-electron chi connectivity index (χ0n) is 15.6. The Morgan fingerprint density at radius 1 is 1.21 bits per heavy atom. The van der Waals surface area contributed by atoms with Gasteiger partial charge in [-0.1, -0.05) is 53.2 Å². The molecule has 5 nitrogen and oxygen atoms in total. The van der Waals surface area contributed by atoms with Crippen molar-refractivity contribution in [2.45, 2.75) is 26.3 Å². The zero-order chi connectivity index (χ0) is 19.7. The molecule has 4 aromatic rings. The summed E-state index contributed by atoms with van der Waals surface area (Å²) in [5.74, 6) is 0.243. The molecule has 142 valence electrons. The first-order valence-corrected chi connectivity index (χ1v) is 9.49. The Balaban J connectivity index is 1.56. The summed E-state index contributed by atoms with van der Waals surface area (Å²) in [6.45, 7) is 3.71. The summed E-state index contributed by atoms with van der Waals surface area (Å²) in [6.07, 6.45) is 2.70. The standard InChI is InChI=1S/C22H20ClN3O2/c1-13(11-15-12-24-19-10-6-4-7-16(15)19)25-22(27)20-14(2)28-26-21(20)17-8-3-5-9-18(17)23/h3-10,12-13,24H,11H2,1-2H3,(H,25,27). The van der Waals surface area contributed by atoms with Crippen molar-refractivity contribution in [3.63, 3.8) is 0 Å². The molecular weight excluding hydrogens is 374 g/mol. The zero-order valence-corrected chi connectivity index (χ0v) is 16.4. The van der Waals surface area contributed by atoms with E-state index >= 15 is 0 Å². The Hall–Kier alpha value is -3.05. The monoisotopic (exact) mass is 393 g/mol. The second-order valence-electron chi connectivity index (χ2n) is 6.88. The molecule has 4 rings (SSSR count). The summed E-state index contributed by atoms with van der Waals surface area (Å²) in [5.41, 5.74) is 3.80. The number of nitrogens with one attached hydrogen (secondary N) is 2. The minimum atomic E-state index is -0.221. The number of aryl methyl sites for hydroxylation is 1. The van der Waals surface area contributed by atoms with Gasteiger partial charge in [0, 0.05) is 28.7 Å². The molecule has 2 N–H and O–H groups in total. The summed E-state index contributed by atoms with van der Waals surface area (Å²) in [7, 11) is 0. The van der Waals surface area contributed by atoms with Crippen molar-refractivity contribution in [1.29, 1.82) is 0 Å². The number of benzene rings is 2. The number of nitrogens with zero attached hydrogens (tertiary/aromatic N) is 1. The normalized spacial score (nSPS) is 12.2. The third-order valence-corrected chi connectivity index (χ3v) is 5.13. The molecule has 1 unspecified atom stereocenters. The highest BCUT2D eigenvalue weighted by Gasteiger charge is 2.24. The number of H-pyrrole nitrogens is 1. The van der Waals surface area contributed by atoms with E-state index in [0.717, 1.165) is 11.1 Å². The number of para-hydroxylation sites is 1. The first-order chi connectivity index (χ1) is 13.5. The molecule has 0 saturated heterocycles. The van der Waals surface area contributed by atoms with E-state index < -0.39 is 0 Å². The van der Waals surface area contributed by atoms with Gasteiger partial charge in [0.1, 0.15) is 17.0 Å². The van der Waals surface area contributed by atoms with Crippen molar-refractivity contribution in [1.82, 2.24) is 15.5 Å². The van der Waals surface area contributed by atoms with Crippen LogP contribution in [0.4, 0.5) is 0 Å². The van der Waals surface area contributed by atoms with Crippen molar-refractivity contribution < 1.29 is 9.32 Å². The molecule has 2 aromatic heterocycles. The lowest BCUT2D eigenvalue weighted by Gasteiger charge is -2.14. The highest BCUT2D eigenvalue weighted by Crippen LogP contribution is 2.31. The van der Waals surface area contributed by atoms with Crippen molar-refractivity contribution in [3.05, 3.63) is 76.6 Å². The predicted molar refractivity (Wildman–Crippen MR) is 111 cm³/mol. The van der Waals surface area contributed by atoms with Gasteiger partial charge in [-0.15, -0.1) is 0 Å². The Morgan fingerprint density at radius 3 is 2.79 bits per heavy atom. The molecule has 0 bridgehead atoms. The summed E-state index contributed by atoms with van der Waals surface area (Å²) in [4.78, 5) is 16.2. The summed E-state index contributed by atoms with van der Waals surface area (Å²) in [6, 6.07) is 15.3. The van der Waals surface area contributed by atoms with E-state index in [-0.39, 0.29) is 11.9 Å². The van der Waals surface area contributed by atoms with Crippen LogP contribution in [0, 0.1) is 6.92 Å². The largest absolute Gasteiger partial charge is 0.361 e. The van der Waals surface area contributed by atoms with E-state index in [4.69, 9.17) is 16.1 Å². The molecular formula is C22H20ClN3O2. The molecule has 0 radical (unpaired) electrons. The molecule has 0 saturated carbocycles. The number of aromatic nitrogens is 2. The van der Waals surface area contributed by atoms with Gasteiger partial charge in [0.05, 0.1) is 5.02 Å². The number of amides is 1. The number of carbonyl (C=O) groups excluding carboxylic acids is 1. The van der Waals surface area contributed by atoms with Crippen LogP contribution in [0.3, 0.4) is 0 Å². The molecule has 2 heterocycles. The van der Waals surface area contributed by atoms with Gasteiger partial charge in [0.2, 0.25) is 0 Å². The van der Waals surface area contributed by atoms with E-state index in [0.29, 0.717) is 34.0 Å². The first-order valence-electron chi connectivity index (χ1n) is 9.11. The lowest BCUT2D eigenvalue weighted by atomic mass is 10.0. The average molecular weight is 394 g/mol. The Labute approximate surface area is 167 Å². The molecule has 0 aliphatic heterocycles. The second kappa shape index (κ2) is 7.52. The van der Waals surface area contributed by atoms with Crippen molar-refractivity contribution in [2.75, 3.05) is 0 Å². The van der Waals surface area contributed by atoms with Crippen molar-refractivity contribution >= 4 is 28.4 Å². The molecule has 6 heteroatoms. The number of rotatable bonds is 5. The molecule has 0 spiro atoms. The number of aromatic amines is 1. The molecule has 0 aliphatic rings. The van der Waals surface area contributed by atoms with Gasteiger partial charge < -0.3 is 14.8 Å². The maximum atomic E-state index is 13.0. The van der Waals surface area contributed by atoms with Gasteiger partial charge in [-0.2, -0.15) is 0 Å². The summed E-state index contributed by atoms with van der Waals surface area (Å²) >= 11 is 6.28. The highest BCUT2D eigenvalue weighted by atomic mass is 35.5. The third-order valence-electron chi connectivity index (χ3n) is 4.80. The van der Waals surface area contributed by atoms with Gasteiger partial charge >= 0.3 is 0 Å². The Kier molecular flexibility index (Phi) is 4.92. The third kappa shape index (κ3) is 3.41. The molecule has 28 heavy (non-hydrogen) atoms.